The Morgan fingerprint density at radius 2 is 2.00 bits per heavy atom. The Morgan fingerprint density at radius 3 is 2.62 bits per heavy atom. The van der Waals surface area contributed by atoms with Gasteiger partial charge in [-0.3, -0.25) is 0 Å². The van der Waals surface area contributed by atoms with Crippen LogP contribution < -0.4 is 10.2 Å². The Kier molecular flexibility index (Phi) is 6.04. The molecule has 1 heterocycles. The summed E-state index contributed by atoms with van der Waals surface area (Å²) in [5, 5.41) is 3.37. The van der Waals surface area contributed by atoms with E-state index < -0.39 is 0 Å². The molecule has 1 N–H and O–H groups in total. The highest BCUT2D eigenvalue weighted by atomic mass is 19.1. The first kappa shape index (κ1) is 16.3. The topological polar surface area (TPSA) is 15.3 Å². The average molecular weight is 292 g/mol. The Hall–Kier alpha value is -1.09. The minimum atomic E-state index is -0.0821. The van der Waals surface area contributed by atoms with Gasteiger partial charge in [0.05, 0.1) is 0 Å². The zero-order valence-corrected chi connectivity index (χ0v) is 13.7. The molecule has 0 unspecified atom stereocenters. The quantitative estimate of drug-likeness (QED) is 0.845. The SMILES string of the molecule is CCC1CCN(c2cccc(F)c2CNCC(C)C)CC1. The molecule has 1 saturated heterocycles. The van der Waals surface area contributed by atoms with Gasteiger partial charge in [-0.2, -0.15) is 0 Å². The van der Waals surface area contributed by atoms with E-state index >= 15 is 0 Å². The summed E-state index contributed by atoms with van der Waals surface area (Å²) in [6, 6.07) is 5.49. The van der Waals surface area contributed by atoms with Gasteiger partial charge in [-0.15, -0.1) is 0 Å². The maximum Gasteiger partial charge on any atom is 0.129 e. The predicted molar refractivity (Wildman–Crippen MR) is 88.2 cm³/mol. The number of benzene rings is 1. The van der Waals surface area contributed by atoms with E-state index in [2.05, 4.69) is 37.1 Å². The van der Waals surface area contributed by atoms with Crippen LogP contribution in [0.15, 0.2) is 18.2 Å². The smallest absolute Gasteiger partial charge is 0.129 e. The molecule has 1 aromatic rings. The molecule has 0 aliphatic carbocycles. The van der Waals surface area contributed by atoms with Crippen molar-refractivity contribution in [2.45, 2.75) is 46.6 Å². The number of hydrogen-bond acceptors (Lipinski definition) is 2. The molecule has 0 atom stereocenters. The Bertz CT molecular complexity index is 437. The highest BCUT2D eigenvalue weighted by Crippen LogP contribution is 2.29. The van der Waals surface area contributed by atoms with Crippen molar-refractivity contribution in [1.29, 1.82) is 0 Å². The molecule has 0 aromatic heterocycles. The number of piperidine rings is 1. The second kappa shape index (κ2) is 7.79. The lowest BCUT2D eigenvalue weighted by atomic mass is 9.93. The van der Waals surface area contributed by atoms with Crippen LogP contribution >= 0.6 is 0 Å². The van der Waals surface area contributed by atoms with Crippen molar-refractivity contribution < 1.29 is 4.39 Å². The summed E-state index contributed by atoms with van der Waals surface area (Å²) in [5.74, 6) is 1.35. The fourth-order valence-electron chi connectivity index (χ4n) is 3.09. The third-order valence-corrected chi connectivity index (χ3v) is 4.48. The summed E-state index contributed by atoms with van der Waals surface area (Å²) >= 11 is 0. The predicted octanol–water partition coefficient (Wildman–Crippen LogP) is 4.20. The number of rotatable bonds is 6. The first-order chi connectivity index (χ1) is 10.1. The van der Waals surface area contributed by atoms with E-state index in [9.17, 15) is 4.39 Å². The van der Waals surface area contributed by atoms with Gasteiger partial charge < -0.3 is 10.2 Å². The minimum absolute atomic E-state index is 0.0821. The molecule has 2 rings (SSSR count). The van der Waals surface area contributed by atoms with Crippen molar-refractivity contribution >= 4 is 5.69 Å². The van der Waals surface area contributed by atoms with Gasteiger partial charge in [0.1, 0.15) is 5.82 Å². The van der Waals surface area contributed by atoms with Gasteiger partial charge in [0.15, 0.2) is 0 Å². The summed E-state index contributed by atoms with van der Waals surface area (Å²) in [6.07, 6.45) is 3.72. The van der Waals surface area contributed by atoms with E-state index in [-0.39, 0.29) is 5.82 Å². The molecular formula is C18H29FN2. The van der Waals surface area contributed by atoms with Crippen molar-refractivity contribution in [2.24, 2.45) is 11.8 Å². The molecule has 1 fully saturated rings. The minimum Gasteiger partial charge on any atom is -0.371 e. The molecule has 1 aromatic carbocycles. The maximum atomic E-state index is 14.2. The van der Waals surface area contributed by atoms with E-state index in [1.807, 2.05) is 6.07 Å². The first-order valence-electron chi connectivity index (χ1n) is 8.34. The molecule has 1 aliphatic heterocycles. The largest absolute Gasteiger partial charge is 0.371 e. The van der Waals surface area contributed by atoms with Crippen LogP contribution in [0.1, 0.15) is 45.6 Å². The van der Waals surface area contributed by atoms with E-state index in [0.717, 1.165) is 36.8 Å². The van der Waals surface area contributed by atoms with Gasteiger partial charge in [-0.05, 0) is 43.4 Å². The van der Waals surface area contributed by atoms with Gasteiger partial charge in [0.2, 0.25) is 0 Å². The second-order valence-corrected chi connectivity index (χ2v) is 6.60. The fourth-order valence-corrected chi connectivity index (χ4v) is 3.09. The molecule has 2 nitrogen and oxygen atoms in total. The Balaban J connectivity index is 2.06. The zero-order chi connectivity index (χ0) is 15.2. The van der Waals surface area contributed by atoms with Crippen LogP contribution in [0.25, 0.3) is 0 Å². The number of nitrogens with one attached hydrogen (secondary N) is 1. The van der Waals surface area contributed by atoms with Crippen LogP contribution in [0.5, 0.6) is 0 Å². The first-order valence-corrected chi connectivity index (χ1v) is 8.34. The molecule has 0 saturated carbocycles. The maximum absolute atomic E-state index is 14.2. The summed E-state index contributed by atoms with van der Waals surface area (Å²) in [4.78, 5) is 2.36. The number of anilines is 1. The van der Waals surface area contributed by atoms with E-state index in [4.69, 9.17) is 0 Å². The average Bonchev–Trinajstić information content (AvgIpc) is 2.48. The molecule has 21 heavy (non-hydrogen) atoms. The fraction of sp³-hybridized carbons (Fsp3) is 0.667. The standard InChI is InChI=1S/C18H29FN2/c1-4-15-8-10-21(11-9-15)18-7-5-6-17(19)16(18)13-20-12-14(2)3/h5-7,14-15,20H,4,8-13H2,1-3H3. The third-order valence-electron chi connectivity index (χ3n) is 4.48. The van der Waals surface area contributed by atoms with Gasteiger partial charge in [0, 0.05) is 30.9 Å². The molecule has 0 spiro atoms. The van der Waals surface area contributed by atoms with Crippen LogP contribution in [0, 0.1) is 17.7 Å². The molecule has 1 aliphatic rings. The van der Waals surface area contributed by atoms with Crippen molar-refractivity contribution in [3.63, 3.8) is 0 Å². The number of nitrogens with zero attached hydrogens (tertiary/aromatic N) is 1. The normalized spacial score (nSPS) is 16.7. The highest BCUT2D eigenvalue weighted by Gasteiger charge is 2.21. The summed E-state index contributed by atoms with van der Waals surface area (Å²) < 4.78 is 14.2. The number of hydrogen-bond donors (Lipinski definition) is 1. The van der Waals surface area contributed by atoms with Gasteiger partial charge in [-0.25, -0.2) is 4.39 Å². The molecule has 0 amide bonds. The molecule has 0 radical (unpaired) electrons. The Labute approximate surface area is 128 Å². The van der Waals surface area contributed by atoms with Gasteiger partial charge in [0.25, 0.3) is 0 Å². The van der Waals surface area contributed by atoms with Crippen LogP contribution in [0.2, 0.25) is 0 Å². The summed E-state index contributed by atoms with van der Waals surface area (Å²) in [5.41, 5.74) is 1.91. The molecule has 3 heteroatoms. The van der Waals surface area contributed by atoms with Crippen LogP contribution in [0.3, 0.4) is 0 Å². The Morgan fingerprint density at radius 1 is 1.29 bits per heavy atom. The summed E-state index contributed by atoms with van der Waals surface area (Å²) in [6.45, 7) is 10.3. The van der Waals surface area contributed by atoms with Crippen molar-refractivity contribution in [2.75, 3.05) is 24.5 Å². The highest BCUT2D eigenvalue weighted by molar-refractivity contribution is 5.54. The molecule has 118 valence electrons. The van der Waals surface area contributed by atoms with E-state index in [0.29, 0.717) is 12.5 Å². The second-order valence-electron chi connectivity index (χ2n) is 6.60. The lowest BCUT2D eigenvalue weighted by Crippen LogP contribution is -2.34. The molecular weight excluding hydrogens is 263 g/mol. The van der Waals surface area contributed by atoms with Crippen LogP contribution in [-0.4, -0.2) is 19.6 Å². The van der Waals surface area contributed by atoms with E-state index in [1.165, 1.54) is 19.3 Å². The third kappa shape index (κ3) is 4.44. The van der Waals surface area contributed by atoms with Crippen molar-refractivity contribution in [3.8, 4) is 0 Å². The zero-order valence-electron chi connectivity index (χ0n) is 13.7. The van der Waals surface area contributed by atoms with Crippen LogP contribution in [-0.2, 0) is 6.54 Å². The van der Waals surface area contributed by atoms with Crippen LogP contribution in [0.4, 0.5) is 10.1 Å². The molecule has 0 bridgehead atoms. The monoisotopic (exact) mass is 292 g/mol. The van der Waals surface area contributed by atoms with E-state index in [1.54, 1.807) is 6.07 Å². The van der Waals surface area contributed by atoms with Gasteiger partial charge in [-0.1, -0.05) is 33.3 Å². The lowest BCUT2D eigenvalue weighted by molar-refractivity contribution is 0.394. The number of halogens is 1. The van der Waals surface area contributed by atoms with Crippen molar-refractivity contribution in [3.05, 3.63) is 29.6 Å². The summed E-state index contributed by atoms with van der Waals surface area (Å²) in [7, 11) is 0. The van der Waals surface area contributed by atoms with Gasteiger partial charge >= 0.3 is 0 Å². The lowest BCUT2D eigenvalue weighted by Gasteiger charge is -2.34. The van der Waals surface area contributed by atoms with Crippen molar-refractivity contribution in [1.82, 2.24) is 5.32 Å².